The van der Waals surface area contributed by atoms with Crippen LogP contribution in [0.5, 0.6) is 0 Å². The fourth-order valence-electron chi connectivity index (χ4n) is 3.14. The van der Waals surface area contributed by atoms with Gasteiger partial charge in [-0.2, -0.15) is 0 Å². The van der Waals surface area contributed by atoms with Crippen LogP contribution >= 0.6 is 0 Å². The Labute approximate surface area is 124 Å². The highest BCUT2D eigenvalue weighted by atomic mass is 16.4. The molecule has 0 atom stereocenters. The first-order chi connectivity index (χ1) is 10.0. The van der Waals surface area contributed by atoms with Gasteiger partial charge in [-0.05, 0) is 42.4 Å². The zero-order valence-corrected chi connectivity index (χ0v) is 12.4. The number of aliphatic carboxylic acids is 1. The van der Waals surface area contributed by atoms with E-state index in [9.17, 15) is 9.59 Å². The molecule has 0 radical (unpaired) electrons. The van der Waals surface area contributed by atoms with Crippen LogP contribution in [0.3, 0.4) is 0 Å². The van der Waals surface area contributed by atoms with E-state index in [0.717, 1.165) is 36.8 Å². The number of rotatable bonds is 6. The zero-order valence-electron chi connectivity index (χ0n) is 12.4. The van der Waals surface area contributed by atoms with Gasteiger partial charge in [0.2, 0.25) is 5.91 Å². The second-order valence-electron chi connectivity index (χ2n) is 6.03. The third-order valence-electron chi connectivity index (χ3n) is 4.35. The molecule has 0 spiro atoms. The molecule has 0 bridgehead atoms. The predicted octanol–water partition coefficient (Wildman–Crippen LogP) is 2.43. The molecule has 0 aromatic carbocycles. The zero-order chi connectivity index (χ0) is 15.3. The summed E-state index contributed by atoms with van der Waals surface area (Å²) in [5, 5.41) is 11.9. The Kier molecular flexibility index (Phi) is 4.94. The van der Waals surface area contributed by atoms with Gasteiger partial charge in [0.05, 0.1) is 6.42 Å². The van der Waals surface area contributed by atoms with Crippen molar-refractivity contribution in [2.75, 3.05) is 0 Å². The van der Waals surface area contributed by atoms with E-state index in [1.165, 1.54) is 0 Å². The van der Waals surface area contributed by atoms with Crippen molar-refractivity contribution in [2.45, 2.75) is 52.0 Å². The molecule has 5 heteroatoms. The van der Waals surface area contributed by atoms with Crippen LogP contribution < -0.4 is 5.32 Å². The maximum absolute atomic E-state index is 12.1. The summed E-state index contributed by atoms with van der Waals surface area (Å²) in [4.78, 5) is 27.2. The van der Waals surface area contributed by atoms with Gasteiger partial charge in [-0.25, -0.2) is 0 Å². The van der Waals surface area contributed by atoms with Gasteiger partial charge >= 0.3 is 5.97 Å². The van der Waals surface area contributed by atoms with Crippen molar-refractivity contribution in [1.29, 1.82) is 0 Å². The minimum atomic E-state index is -0.812. The average Bonchev–Trinajstić information content (AvgIpc) is 2.85. The maximum Gasteiger partial charge on any atom is 0.303 e. The Morgan fingerprint density at radius 1 is 1.33 bits per heavy atom. The molecule has 1 aliphatic rings. The highest BCUT2D eigenvalue weighted by Crippen LogP contribution is 2.43. The lowest BCUT2D eigenvalue weighted by Crippen LogP contribution is -2.31. The number of aromatic nitrogens is 1. The maximum atomic E-state index is 12.1. The van der Waals surface area contributed by atoms with Gasteiger partial charge in [0.15, 0.2) is 0 Å². The first kappa shape index (κ1) is 15.5. The Morgan fingerprint density at radius 2 is 2.05 bits per heavy atom. The number of hydrogen-bond donors (Lipinski definition) is 2. The molecule has 1 fully saturated rings. The molecule has 1 aliphatic carbocycles. The normalized spacial score (nSPS) is 16.6. The highest BCUT2D eigenvalue weighted by Gasteiger charge is 2.37. The fourth-order valence-corrected chi connectivity index (χ4v) is 3.14. The fraction of sp³-hybridized carbons (Fsp3) is 0.562. The molecule has 0 aliphatic heterocycles. The lowest BCUT2D eigenvalue weighted by atomic mass is 9.79. The van der Waals surface area contributed by atoms with Crippen LogP contribution in [0.25, 0.3) is 0 Å². The Balaban J connectivity index is 1.91. The molecule has 1 aromatic rings. The van der Waals surface area contributed by atoms with Crippen molar-refractivity contribution >= 4 is 11.9 Å². The number of nitrogens with one attached hydrogen (secondary N) is 1. The molecule has 1 amide bonds. The molecule has 21 heavy (non-hydrogen) atoms. The van der Waals surface area contributed by atoms with E-state index in [-0.39, 0.29) is 17.7 Å². The molecular weight excluding hydrogens is 268 g/mol. The third kappa shape index (κ3) is 4.28. The first-order valence-corrected chi connectivity index (χ1v) is 7.39. The Bertz CT molecular complexity index is 522. The number of carbonyl (C=O) groups excluding carboxylic acids is 1. The van der Waals surface area contributed by atoms with Crippen molar-refractivity contribution in [2.24, 2.45) is 5.41 Å². The van der Waals surface area contributed by atoms with Crippen LogP contribution in [0.2, 0.25) is 0 Å². The molecule has 0 unspecified atom stereocenters. The summed E-state index contributed by atoms with van der Waals surface area (Å²) in [6.07, 6.45) is 7.56. The topological polar surface area (TPSA) is 79.3 Å². The summed E-state index contributed by atoms with van der Waals surface area (Å²) in [7, 11) is 0. The van der Waals surface area contributed by atoms with Gasteiger partial charge in [0.1, 0.15) is 0 Å². The summed E-state index contributed by atoms with van der Waals surface area (Å²) in [5.41, 5.74) is 1.73. The minimum absolute atomic E-state index is 0.0681. The average molecular weight is 290 g/mol. The quantitative estimate of drug-likeness (QED) is 0.843. The van der Waals surface area contributed by atoms with E-state index < -0.39 is 5.97 Å². The molecule has 1 saturated carbocycles. The largest absolute Gasteiger partial charge is 0.481 e. The monoisotopic (exact) mass is 290 g/mol. The van der Waals surface area contributed by atoms with Gasteiger partial charge in [0, 0.05) is 25.4 Å². The molecule has 0 saturated heterocycles. The minimum Gasteiger partial charge on any atom is -0.481 e. The number of carbonyl (C=O) groups is 2. The van der Waals surface area contributed by atoms with Crippen LogP contribution in [0.1, 0.15) is 49.7 Å². The summed E-state index contributed by atoms with van der Waals surface area (Å²) in [6, 6.07) is 1.91. The lowest BCUT2D eigenvalue weighted by Gasteiger charge is -2.26. The number of nitrogens with zero attached hydrogens (tertiary/aromatic N) is 1. The number of carboxylic acid groups (broad SMARTS) is 1. The number of aryl methyl sites for hydroxylation is 1. The van der Waals surface area contributed by atoms with Crippen molar-refractivity contribution in [3.05, 3.63) is 29.6 Å². The first-order valence-electron chi connectivity index (χ1n) is 7.39. The smallest absolute Gasteiger partial charge is 0.303 e. The molecular formula is C16H22N2O3. The number of pyridine rings is 1. The van der Waals surface area contributed by atoms with Crippen LogP contribution in [-0.4, -0.2) is 22.0 Å². The van der Waals surface area contributed by atoms with E-state index >= 15 is 0 Å². The van der Waals surface area contributed by atoms with Crippen LogP contribution in [0, 0.1) is 12.3 Å². The highest BCUT2D eigenvalue weighted by molar-refractivity contribution is 5.78. The van der Waals surface area contributed by atoms with Crippen molar-refractivity contribution < 1.29 is 14.7 Å². The van der Waals surface area contributed by atoms with Crippen molar-refractivity contribution in [3.63, 3.8) is 0 Å². The van der Waals surface area contributed by atoms with Crippen LogP contribution in [0.4, 0.5) is 0 Å². The summed E-state index contributed by atoms with van der Waals surface area (Å²) in [5.74, 6) is -0.880. The molecule has 2 rings (SSSR count). The SMILES string of the molecule is Cc1ccncc1CNC(=O)CC1(CC(=O)O)CCCC1. The second kappa shape index (κ2) is 6.70. The molecule has 5 nitrogen and oxygen atoms in total. The number of carboxylic acids is 1. The lowest BCUT2D eigenvalue weighted by molar-refractivity contribution is -0.140. The van der Waals surface area contributed by atoms with E-state index in [1.54, 1.807) is 12.4 Å². The van der Waals surface area contributed by atoms with Gasteiger partial charge in [-0.3, -0.25) is 14.6 Å². The predicted molar refractivity (Wildman–Crippen MR) is 78.6 cm³/mol. The van der Waals surface area contributed by atoms with Gasteiger partial charge < -0.3 is 10.4 Å². The van der Waals surface area contributed by atoms with Gasteiger partial charge in [-0.15, -0.1) is 0 Å². The summed E-state index contributed by atoms with van der Waals surface area (Å²) < 4.78 is 0. The van der Waals surface area contributed by atoms with E-state index in [0.29, 0.717) is 13.0 Å². The van der Waals surface area contributed by atoms with Crippen molar-refractivity contribution in [3.8, 4) is 0 Å². The van der Waals surface area contributed by atoms with E-state index in [4.69, 9.17) is 5.11 Å². The standard InChI is InChI=1S/C16H22N2O3/c1-12-4-7-17-10-13(12)11-18-14(19)8-16(9-15(20)21)5-2-3-6-16/h4,7,10H,2-3,5-6,8-9,11H2,1H3,(H,18,19)(H,20,21). The van der Waals surface area contributed by atoms with Gasteiger partial charge in [0.25, 0.3) is 0 Å². The molecule has 1 aromatic heterocycles. The Morgan fingerprint density at radius 3 is 2.67 bits per heavy atom. The van der Waals surface area contributed by atoms with Crippen LogP contribution in [-0.2, 0) is 16.1 Å². The second-order valence-corrected chi connectivity index (χ2v) is 6.03. The molecule has 114 valence electrons. The molecule has 2 N–H and O–H groups in total. The van der Waals surface area contributed by atoms with E-state index in [1.807, 2.05) is 13.0 Å². The Hall–Kier alpha value is -1.91. The molecule has 1 heterocycles. The number of amides is 1. The summed E-state index contributed by atoms with van der Waals surface area (Å²) >= 11 is 0. The summed E-state index contributed by atoms with van der Waals surface area (Å²) in [6.45, 7) is 2.42. The number of hydrogen-bond acceptors (Lipinski definition) is 3. The van der Waals surface area contributed by atoms with Gasteiger partial charge in [-0.1, -0.05) is 12.8 Å². The third-order valence-corrected chi connectivity index (χ3v) is 4.35. The van der Waals surface area contributed by atoms with Crippen molar-refractivity contribution in [1.82, 2.24) is 10.3 Å². The van der Waals surface area contributed by atoms with E-state index in [2.05, 4.69) is 10.3 Å². The van der Waals surface area contributed by atoms with Crippen LogP contribution in [0.15, 0.2) is 18.5 Å².